The number of carbonyl (C=O) groups excluding carboxylic acids is 2. The van der Waals surface area contributed by atoms with E-state index < -0.39 is 54.8 Å². The van der Waals surface area contributed by atoms with E-state index in [1.165, 1.54) is 13.8 Å². The third kappa shape index (κ3) is 2.47. The molecule has 0 spiro atoms. The Bertz CT molecular complexity index is 664. The van der Waals surface area contributed by atoms with E-state index in [4.69, 9.17) is 0 Å². The first kappa shape index (κ1) is 15.4. The molecule has 2 saturated heterocycles. The predicted octanol–water partition coefficient (Wildman–Crippen LogP) is -1.76. The summed E-state index contributed by atoms with van der Waals surface area (Å²) < 4.78 is 48.7. The minimum Gasteiger partial charge on any atom is -0.294 e. The zero-order valence-electron chi connectivity index (χ0n) is 11.1. The highest BCUT2D eigenvalue weighted by Crippen LogP contribution is 2.29. The fourth-order valence-electron chi connectivity index (χ4n) is 2.34. The average Bonchev–Trinajstić information content (AvgIpc) is 2.65. The molecule has 0 aromatic rings. The van der Waals surface area contributed by atoms with Gasteiger partial charge < -0.3 is 0 Å². The maximum Gasteiger partial charge on any atom is 0.247 e. The number of rotatable bonds is 2. The lowest BCUT2D eigenvalue weighted by Crippen LogP contribution is -2.66. The number of imide groups is 1. The highest BCUT2D eigenvalue weighted by molar-refractivity contribution is 7.95. The maximum atomic E-state index is 12.5. The number of piperazine rings is 1. The lowest BCUT2D eigenvalue weighted by molar-refractivity contribution is -0.141. The van der Waals surface area contributed by atoms with Crippen molar-refractivity contribution in [3.05, 3.63) is 0 Å². The van der Waals surface area contributed by atoms with Crippen LogP contribution < -0.4 is 5.32 Å². The van der Waals surface area contributed by atoms with Crippen LogP contribution in [0.15, 0.2) is 0 Å². The van der Waals surface area contributed by atoms with Crippen LogP contribution in [0.25, 0.3) is 0 Å². The summed E-state index contributed by atoms with van der Waals surface area (Å²) in [5.74, 6) is -2.07. The third-order valence-corrected chi connectivity index (χ3v) is 8.06. The Kier molecular flexibility index (Phi) is 3.46. The van der Waals surface area contributed by atoms with Crippen LogP contribution in [-0.4, -0.2) is 61.8 Å². The SMILES string of the molecule is CC1(C)C(=O)NC(=O)CN1S(=O)(=O)C1CCS(=O)(=O)C1. The molecule has 1 unspecified atom stereocenters. The summed E-state index contributed by atoms with van der Waals surface area (Å²) in [6.07, 6.45) is -0.00689. The van der Waals surface area contributed by atoms with Gasteiger partial charge in [0.25, 0.3) is 0 Å². The van der Waals surface area contributed by atoms with Gasteiger partial charge in [-0.15, -0.1) is 0 Å². The van der Waals surface area contributed by atoms with E-state index in [0.717, 1.165) is 4.31 Å². The van der Waals surface area contributed by atoms with Crippen LogP contribution >= 0.6 is 0 Å². The third-order valence-electron chi connectivity index (χ3n) is 3.64. The molecule has 2 amide bonds. The van der Waals surface area contributed by atoms with Crippen molar-refractivity contribution in [3.8, 4) is 0 Å². The lowest BCUT2D eigenvalue weighted by Gasteiger charge is -2.40. The molecule has 1 atom stereocenters. The topological polar surface area (TPSA) is 118 Å². The van der Waals surface area contributed by atoms with Gasteiger partial charge in [-0.1, -0.05) is 0 Å². The van der Waals surface area contributed by atoms with Gasteiger partial charge in [-0.3, -0.25) is 14.9 Å². The van der Waals surface area contributed by atoms with E-state index in [0.29, 0.717) is 0 Å². The summed E-state index contributed by atoms with van der Waals surface area (Å²) >= 11 is 0. The van der Waals surface area contributed by atoms with Crippen LogP contribution in [-0.2, 0) is 29.4 Å². The Morgan fingerprint density at radius 3 is 2.40 bits per heavy atom. The quantitative estimate of drug-likeness (QED) is 0.601. The second-order valence-electron chi connectivity index (χ2n) is 5.51. The molecule has 0 aromatic carbocycles. The number of sulfonamides is 1. The van der Waals surface area contributed by atoms with Crippen LogP contribution in [0.4, 0.5) is 0 Å². The van der Waals surface area contributed by atoms with Gasteiger partial charge in [0.05, 0.1) is 23.3 Å². The normalized spacial score (nSPS) is 30.2. The second-order valence-corrected chi connectivity index (χ2v) is 9.88. The number of carbonyl (C=O) groups is 2. The first-order valence-electron chi connectivity index (χ1n) is 6.03. The molecule has 2 rings (SSSR count). The molecule has 20 heavy (non-hydrogen) atoms. The molecule has 0 aromatic heterocycles. The van der Waals surface area contributed by atoms with Crippen molar-refractivity contribution in [1.29, 1.82) is 0 Å². The van der Waals surface area contributed by atoms with E-state index >= 15 is 0 Å². The molecule has 0 radical (unpaired) electrons. The molecular formula is C10H16N2O6S2. The van der Waals surface area contributed by atoms with Crippen molar-refractivity contribution >= 4 is 31.7 Å². The summed E-state index contributed by atoms with van der Waals surface area (Å²) in [4.78, 5) is 23.2. The fourth-order valence-corrected chi connectivity index (χ4v) is 7.14. The average molecular weight is 324 g/mol. The first-order chi connectivity index (χ1) is 8.97. The van der Waals surface area contributed by atoms with Crippen molar-refractivity contribution in [2.75, 3.05) is 18.1 Å². The van der Waals surface area contributed by atoms with E-state index in [1.807, 2.05) is 0 Å². The molecule has 0 aliphatic carbocycles. The maximum absolute atomic E-state index is 12.5. The van der Waals surface area contributed by atoms with Gasteiger partial charge in [0.2, 0.25) is 21.8 Å². The molecule has 0 saturated carbocycles. The van der Waals surface area contributed by atoms with E-state index in [2.05, 4.69) is 5.32 Å². The van der Waals surface area contributed by atoms with E-state index in [9.17, 15) is 26.4 Å². The van der Waals surface area contributed by atoms with Crippen molar-refractivity contribution < 1.29 is 26.4 Å². The highest BCUT2D eigenvalue weighted by atomic mass is 32.2. The monoisotopic (exact) mass is 324 g/mol. The van der Waals surface area contributed by atoms with Gasteiger partial charge in [0.1, 0.15) is 5.54 Å². The van der Waals surface area contributed by atoms with Crippen LogP contribution in [0.2, 0.25) is 0 Å². The number of nitrogens with one attached hydrogen (secondary N) is 1. The molecule has 8 nitrogen and oxygen atoms in total. The minimum absolute atomic E-state index is 0.00689. The fraction of sp³-hybridized carbons (Fsp3) is 0.800. The van der Waals surface area contributed by atoms with Crippen molar-refractivity contribution in [2.24, 2.45) is 0 Å². The molecule has 114 valence electrons. The van der Waals surface area contributed by atoms with Crippen LogP contribution in [0, 0.1) is 0 Å². The van der Waals surface area contributed by atoms with Gasteiger partial charge in [0.15, 0.2) is 9.84 Å². The summed E-state index contributed by atoms with van der Waals surface area (Å²) in [6, 6.07) is 0. The van der Waals surface area contributed by atoms with Gasteiger partial charge in [-0.05, 0) is 20.3 Å². The Hall–Kier alpha value is -1.00. The molecular weight excluding hydrogens is 308 g/mol. The second kappa shape index (κ2) is 4.50. The Morgan fingerprint density at radius 2 is 1.90 bits per heavy atom. The van der Waals surface area contributed by atoms with Crippen molar-refractivity contribution in [3.63, 3.8) is 0 Å². The first-order valence-corrected chi connectivity index (χ1v) is 9.36. The number of amides is 2. The molecule has 2 aliphatic heterocycles. The summed E-state index contributed by atoms with van der Waals surface area (Å²) in [5.41, 5.74) is -1.42. The lowest BCUT2D eigenvalue weighted by atomic mass is 10.0. The zero-order valence-corrected chi connectivity index (χ0v) is 12.8. The Balaban J connectivity index is 2.38. The van der Waals surface area contributed by atoms with Crippen LogP contribution in [0.1, 0.15) is 20.3 Å². The summed E-state index contributed by atoms with van der Waals surface area (Å²) in [6.45, 7) is 2.29. The Morgan fingerprint density at radius 1 is 1.30 bits per heavy atom. The smallest absolute Gasteiger partial charge is 0.247 e. The van der Waals surface area contributed by atoms with E-state index in [1.54, 1.807) is 0 Å². The number of nitrogens with zero attached hydrogens (tertiary/aromatic N) is 1. The minimum atomic E-state index is -4.03. The number of hydrogen-bond donors (Lipinski definition) is 1. The van der Waals surface area contributed by atoms with Gasteiger partial charge >= 0.3 is 0 Å². The molecule has 1 N–H and O–H groups in total. The van der Waals surface area contributed by atoms with Crippen LogP contribution in [0.5, 0.6) is 0 Å². The molecule has 2 aliphatic rings. The molecule has 2 fully saturated rings. The molecule has 0 bridgehead atoms. The summed E-state index contributed by atoms with van der Waals surface area (Å²) in [7, 11) is -7.41. The zero-order chi connectivity index (χ0) is 15.3. The van der Waals surface area contributed by atoms with Crippen LogP contribution in [0.3, 0.4) is 0 Å². The largest absolute Gasteiger partial charge is 0.294 e. The van der Waals surface area contributed by atoms with Gasteiger partial charge in [-0.2, -0.15) is 4.31 Å². The Labute approximate surface area is 117 Å². The molecule has 10 heteroatoms. The van der Waals surface area contributed by atoms with Gasteiger partial charge in [-0.25, -0.2) is 16.8 Å². The summed E-state index contributed by atoms with van der Waals surface area (Å²) in [5, 5.41) is 0.984. The van der Waals surface area contributed by atoms with Gasteiger partial charge in [0, 0.05) is 0 Å². The molecule has 2 heterocycles. The highest BCUT2D eigenvalue weighted by Gasteiger charge is 2.51. The standard InChI is InChI=1S/C10H16N2O6S2/c1-10(2)9(14)11-8(13)5-12(10)20(17,18)7-3-4-19(15,16)6-7/h7H,3-6H2,1-2H3,(H,11,13,14). The van der Waals surface area contributed by atoms with E-state index in [-0.39, 0.29) is 12.2 Å². The predicted molar refractivity (Wildman–Crippen MR) is 69.9 cm³/mol. The number of hydrogen-bond acceptors (Lipinski definition) is 6. The number of sulfone groups is 1. The van der Waals surface area contributed by atoms with Crippen molar-refractivity contribution in [1.82, 2.24) is 9.62 Å². The van der Waals surface area contributed by atoms with Crippen molar-refractivity contribution in [2.45, 2.75) is 31.1 Å².